The molecular formula is C14H20N2O2S. The summed E-state index contributed by atoms with van der Waals surface area (Å²) in [5.74, 6) is 0.735. The Morgan fingerprint density at radius 3 is 2.68 bits per heavy atom. The van der Waals surface area contributed by atoms with E-state index in [1.165, 1.54) is 5.56 Å². The van der Waals surface area contributed by atoms with Gasteiger partial charge in [-0.1, -0.05) is 30.3 Å². The molecule has 1 aromatic rings. The maximum Gasteiger partial charge on any atom is 0.420 e. The molecule has 0 saturated carbocycles. The molecule has 0 radical (unpaired) electrons. The van der Waals surface area contributed by atoms with E-state index < -0.39 is 6.09 Å². The molecule has 1 aromatic carbocycles. The molecular weight excluding hydrogens is 260 g/mol. The van der Waals surface area contributed by atoms with Gasteiger partial charge in [-0.15, -0.1) is 0 Å². The average Bonchev–Trinajstić information content (AvgIpc) is 2.47. The number of nitrogens with one attached hydrogen (secondary N) is 1. The number of piperidine rings is 1. The van der Waals surface area contributed by atoms with Crippen molar-refractivity contribution in [3.05, 3.63) is 35.9 Å². The molecule has 1 aliphatic rings. The zero-order valence-corrected chi connectivity index (χ0v) is 12.0. The van der Waals surface area contributed by atoms with Crippen LogP contribution in [0.2, 0.25) is 0 Å². The molecule has 0 spiro atoms. The minimum Gasteiger partial charge on any atom is -0.358 e. The topological polar surface area (TPSA) is 41.6 Å². The number of amides is 1. The summed E-state index contributed by atoms with van der Waals surface area (Å²) in [7, 11) is 1.56. The lowest BCUT2D eigenvalue weighted by Crippen LogP contribution is -2.30. The third kappa shape index (κ3) is 4.76. The SMILES string of the molecule is CNC(=O)OSN1CCC(Cc2ccccc2)CC1. The van der Waals surface area contributed by atoms with Crippen LogP contribution in [0.4, 0.5) is 4.79 Å². The van der Waals surface area contributed by atoms with Crippen molar-refractivity contribution in [1.29, 1.82) is 0 Å². The molecule has 0 aromatic heterocycles. The highest BCUT2D eigenvalue weighted by Crippen LogP contribution is 2.25. The largest absolute Gasteiger partial charge is 0.420 e. The van der Waals surface area contributed by atoms with Crippen LogP contribution in [0.3, 0.4) is 0 Å². The van der Waals surface area contributed by atoms with E-state index in [2.05, 4.69) is 40.0 Å². The summed E-state index contributed by atoms with van der Waals surface area (Å²) in [4.78, 5) is 11.0. The third-order valence-electron chi connectivity index (χ3n) is 3.36. The van der Waals surface area contributed by atoms with Gasteiger partial charge in [0, 0.05) is 20.1 Å². The number of hydrogen-bond donors (Lipinski definition) is 1. The Morgan fingerprint density at radius 1 is 1.37 bits per heavy atom. The van der Waals surface area contributed by atoms with E-state index in [9.17, 15) is 4.79 Å². The zero-order valence-electron chi connectivity index (χ0n) is 11.2. The standard InChI is InChI=1S/C14H20N2O2S/c1-15-14(17)18-19-16-9-7-13(8-10-16)11-12-5-3-2-4-6-12/h2-6,13H,7-11H2,1H3,(H,15,17). The maximum atomic E-state index is 11.0. The van der Waals surface area contributed by atoms with Gasteiger partial charge in [-0.05, 0) is 30.7 Å². The number of rotatable bonds is 4. The number of benzene rings is 1. The van der Waals surface area contributed by atoms with Crippen LogP contribution in [-0.2, 0) is 10.6 Å². The first-order chi connectivity index (χ1) is 9.28. The molecule has 104 valence electrons. The van der Waals surface area contributed by atoms with E-state index >= 15 is 0 Å². The molecule has 0 atom stereocenters. The van der Waals surface area contributed by atoms with Crippen LogP contribution in [0, 0.1) is 5.92 Å². The Morgan fingerprint density at radius 2 is 2.05 bits per heavy atom. The molecule has 1 N–H and O–H groups in total. The summed E-state index contributed by atoms with van der Waals surface area (Å²) < 4.78 is 7.08. The fraction of sp³-hybridized carbons (Fsp3) is 0.500. The fourth-order valence-corrected chi connectivity index (χ4v) is 2.88. The van der Waals surface area contributed by atoms with Crippen molar-refractivity contribution < 1.29 is 8.98 Å². The van der Waals surface area contributed by atoms with Crippen LogP contribution < -0.4 is 5.32 Å². The molecule has 1 heterocycles. The summed E-state index contributed by atoms with van der Waals surface area (Å²) in [5.41, 5.74) is 1.41. The Kier molecular flexibility index (Phi) is 5.54. The molecule has 1 aliphatic heterocycles. The van der Waals surface area contributed by atoms with Gasteiger partial charge in [0.15, 0.2) is 12.2 Å². The Labute approximate surface area is 118 Å². The van der Waals surface area contributed by atoms with Crippen molar-refractivity contribution in [2.75, 3.05) is 20.1 Å². The van der Waals surface area contributed by atoms with Crippen LogP contribution >= 0.6 is 12.2 Å². The first-order valence-electron chi connectivity index (χ1n) is 6.63. The van der Waals surface area contributed by atoms with Crippen molar-refractivity contribution in [3.63, 3.8) is 0 Å². The van der Waals surface area contributed by atoms with Crippen molar-refractivity contribution in [3.8, 4) is 0 Å². The summed E-state index contributed by atoms with van der Waals surface area (Å²) in [6.07, 6.45) is 3.06. The zero-order chi connectivity index (χ0) is 13.5. The van der Waals surface area contributed by atoms with E-state index in [4.69, 9.17) is 4.18 Å². The van der Waals surface area contributed by atoms with Gasteiger partial charge in [0.2, 0.25) is 0 Å². The maximum absolute atomic E-state index is 11.0. The second kappa shape index (κ2) is 7.40. The molecule has 2 rings (SSSR count). The molecule has 19 heavy (non-hydrogen) atoms. The number of carbonyl (C=O) groups is 1. The second-order valence-electron chi connectivity index (χ2n) is 4.76. The van der Waals surface area contributed by atoms with Crippen molar-refractivity contribution in [2.24, 2.45) is 5.92 Å². The Bertz CT molecular complexity index is 392. The smallest absolute Gasteiger partial charge is 0.358 e. The van der Waals surface area contributed by atoms with E-state index in [-0.39, 0.29) is 0 Å². The summed E-state index contributed by atoms with van der Waals surface area (Å²) in [5, 5.41) is 2.44. The van der Waals surface area contributed by atoms with Crippen molar-refractivity contribution in [1.82, 2.24) is 9.62 Å². The van der Waals surface area contributed by atoms with Gasteiger partial charge in [-0.2, -0.15) is 0 Å². The normalized spacial score (nSPS) is 17.1. The van der Waals surface area contributed by atoms with Gasteiger partial charge < -0.3 is 9.50 Å². The lowest BCUT2D eigenvalue weighted by atomic mass is 9.91. The predicted octanol–water partition coefficient (Wildman–Crippen LogP) is 2.86. The molecule has 0 bridgehead atoms. The van der Waals surface area contributed by atoms with Gasteiger partial charge in [-0.25, -0.2) is 9.10 Å². The van der Waals surface area contributed by atoms with Gasteiger partial charge in [0.05, 0.1) is 0 Å². The van der Waals surface area contributed by atoms with Crippen molar-refractivity contribution in [2.45, 2.75) is 19.3 Å². The Balaban J connectivity index is 1.69. The van der Waals surface area contributed by atoms with Crippen LogP contribution in [0.5, 0.6) is 0 Å². The van der Waals surface area contributed by atoms with E-state index in [0.717, 1.165) is 50.5 Å². The molecule has 0 unspecified atom stereocenters. The summed E-state index contributed by atoms with van der Waals surface area (Å²) in [6.45, 7) is 1.94. The average molecular weight is 280 g/mol. The lowest BCUT2D eigenvalue weighted by molar-refractivity contribution is 0.205. The van der Waals surface area contributed by atoms with E-state index in [0.29, 0.717) is 0 Å². The van der Waals surface area contributed by atoms with E-state index in [1.807, 2.05) is 0 Å². The highest BCUT2D eigenvalue weighted by molar-refractivity contribution is 7.92. The quantitative estimate of drug-likeness (QED) is 0.680. The number of carbonyl (C=O) groups excluding carboxylic acids is 1. The molecule has 1 saturated heterocycles. The van der Waals surface area contributed by atoms with Crippen LogP contribution in [0.15, 0.2) is 30.3 Å². The van der Waals surface area contributed by atoms with Crippen LogP contribution in [0.1, 0.15) is 18.4 Å². The minimum atomic E-state index is -0.392. The van der Waals surface area contributed by atoms with Crippen molar-refractivity contribution >= 4 is 18.3 Å². The highest BCUT2D eigenvalue weighted by Gasteiger charge is 2.21. The Hall–Kier alpha value is -1.20. The van der Waals surface area contributed by atoms with Gasteiger partial charge in [0.25, 0.3) is 0 Å². The van der Waals surface area contributed by atoms with Gasteiger partial charge >= 0.3 is 6.09 Å². The number of nitrogens with zero attached hydrogens (tertiary/aromatic N) is 1. The highest BCUT2D eigenvalue weighted by atomic mass is 32.2. The predicted molar refractivity (Wildman–Crippen MR) is 77.6 cm³/mol. The first kappa shape index (κ1) is 14.2. The molecule has 1 fully saturated rings. The fourth-order valence-electron chi connectivity index (χ4n) is 2.26. The van der Waals surface area contributed by atoms with Gasteiger partial charge in [0.1, 0.15) is 0 Å². The van der Waals surface area contributed by atoms with E-state index in [1.54, 1.807) is 7.05 Å². The first-order valence-corrected chi connectivity index (χ1v) is 7.33. The molecule has 5 heteroatoms. The number of hydrogen-bond acceptors (Lipinski definition) is 4. The third-order valence-corrected chi connectivity index (χ3v) is 4.17. The monoisotopic (exact) mass is 280 g/mol. The van der Waals surface area contributed by atoms with Crippen LogP contribution in [0.25, 0.3) is 0 Å². The molecule has 4 nitrogen and oxygen atoms in total. The molecule has 1 amide bonds. The summed E-state index contributed by atoms with van der Waals surface area (Å²) >= 11 is 1.16. The molecule has 0 aliphatic carbocycles. The van der Waals surface area contributed by atoms with Crippen LogP contribution in [-0.4, -0.2) is 30.5 Å². The summed E-state index contributed by atoms with van der Waals surface area (Å²) in [6, 6.07) is 10.6. The van der Waals surface area contributed by atoms with Gasteiger partial charge in [-0.3, -0.25) is 0 Å². The minimum absolute atomic E-state index is 0.392. The lowest BCUT2D eigenvalue weighted by Gasteiger charge is -2.29. The second-order valence-corrected chi connectivity index (χ2v) is 5.59.